The van der Waals surface area contributed by atoms with Gasteiger partial charge in [0.05, 0.1) is 17.1 Å². The maximum atomic E-state index is 14.2. The van der Waals surface area contributed by atoms with Gasteiger partial charge in [-0.25, -0.2) is 4.79 Å². The average Bonchev–Trinajstić information content (AvgIpc) is 3.10. The van der Waals surface area contributed by atoms with Crippen LogP contribution in [0.2, 0.25) is 5.02 Å². The standard InChI is InChI=1S/C37H44ClN5O3/c1-2-33(28-11-5-3-6-12-28)39-37(45)46-35-31-13-7-8-14-32(31)36(44)43(30-17-15-29(38)16-18-30)34(35)27-42-25-23-41(24-26-42)22-21-40-19-9-4-10-20-40/h3,5-8,11-18,33H,2,4,9-10,19-27H2,1H3,(H,39,45)/t33-/m0/s1. The van der Waals surface area contributed by atoms with Gasteiger partial charge in [-0.2, -0.15) is 0 Å². The van der Waals surface area contributed by atoms with Crippen molar-refractivity contribution in [3.63, 3.8) is 0 Å². The Hall–Kier alpha value is -3.69. The third-order valence-electron chi connectivity index (χ3n) is 9.34. The van der Waals surface area contributed by atoms with E-state index in [4.69, 9.17) is 16.3 Å². The smallest absolute Gasteiger partial charge is 0.408 e. The van der Waals surface area contributed by atoms with Gasteiger partial charge in [0, 0.05) is 61.9 Å². The molecule has 0 bridgehead atoms. The number of likely N-dealkylation sites (tertiary alicyclic amines) is 1. The van der Waals surface area contributed by atoms with E-state index in [2.05, 4.69) is 20.0 Å². The van der Waals surface area contributed by atoms with E-state index in [0.717, 1.165) is 44.8 Å². The lowest BCUT2D eigenvalue weighted by atomic mass is 10.1. The van der Waals surface area contributed by atoms with E-state index in [1.165, 1.54) is 32.4 Å². The summed E-state index contributed by atoms with van der Waals surface area (Å²) in [5.74, 6) is 0.401. The number of aromatic nitrogens is 1. The SMILES string of the molecule is CC[C@H](NC(=O)Oc1c(CN2CCN(CCN3CCCCC3)CC2)n(-c2ccc(Cl)cc2)c(=O)c2ccccc12)c1ccccc1. The molecule has 0 unspecified atom stereocenters. The van der Waals surface area contributed by atoms with E-state index in [1.807, 2.05) is 67.6 Å². The maximum Gasteiger partial charge on any atom is 0.413 e. The Bertz CT molecular complexity index is 1660. The van der Waals surface area contributed by atoms with Gasteiger partial charge in [0.15, 0.2) is 5.75 Å². The largest absolute Gasteiger partial charge is 0.413 e. The number of hydrogen-bond acceptors (Lipinski definition) is 6. The van der Waals surface area contributed by atoms with Crippen molar-refractivity contribution in [1.82, 2.24) is 24.6 Å². The van der Waals surface area contributed by atoms with Gasteiger partial charge in [-0.3, -0.25) is 19.2 Å². The molecule has 1 atom stereocenters. The van der Waals surface area contributed by atoms with Crippen LogP contribution < -0.4 is 15.6 Å². The van der Waals surface area contributed by atoms with Crippen LogP contribution >= 0.6 is 11.6 Å². The van der Waals surface area contributed by atoms with Crippen molar-refractivity contribution in [2.45, 2.75) is 45.2 Å². The molecular formula is C37H44ClN5O3. The number of fused-ring (bicyclic) bond motifs is 1. The zero-order valence-corrected chi connectivity index (χ0v) is 27.4. The molecule has 1 amide bonds. The highest BCUT2D eigenvalue weighted by atomic mass is 35.5. The Labute approximate surface area is 276 Å². The molecule has 0 saturated carbocycles. The first kappa shape index (κ1) is 32.3. The van der Waals surface area contributed by atoms with Gasteiger partial charge < -0.3 is 15.0 Å². The Morgan fingerprint density at radius 2 is 1.39 bits per heavy atom. The molecule has 0 spiro atoms. The minimum atomic E-state index is -0.550. The highest BCUT2D eigenvalue weighted by molar-refractivity contribution is 6.30. The van der Waals surface area contributed by atoms with Crippen LogP contribution in [-0.2, 0) is 6.54 Å². The van der Waals surface area contributed by atoms with Crippen molar-refractivity contribution < 1.29 is 9.53 Å². The lowest BCUT2D eigenvalue weighted by Crippen LogP contribution is -2.48. The average molecular weight is 642 g/mol. The van der Waals surface area contributed by atoms with Crippen molar-refractivity contribution >= 4 is 28.5 Å². The molecule has 2 fully saturated rings. The van der Waals surface area contributed by atoms with Crippen LogP contribution in [0.15, 0.2) is 83.7 Å². The van der Waals surface area contributed by atoms with Crippen LogP contribution in [0.25, 0.3) is 16.5 Å². The molecular weight excluding hydrogens is 598 g/mol. The summed E-state index contributed by atoms with van der Waals surface area (Å²) in [5.41, 5.74) is 2.18. The summed E-state index contributed by atoms with van der Waals surface area (Å²) in [7, 11) is 0. The molecule has 0 radical (unpaired) electrons. The number of hydrogen-bond donors (Lipinski definition) is 1. The van der Waals surface area contributed by atoms with Gasteiger partial charge >= 0.3 is 6.09 Å². The van der Waals surface area contributed by atoms with E-state index in [9.17, 15) is 9.59 Å². The molecule has 4 aromatic rings. The van der Waals surface area contributed by atoms with Crippen LogP contribution in [0.4, 0.5) is 4.79 Å². The molecule has 0 aliphatic carbocycles. The molecule has 6 rings (SSSR count). The first-order chi connectivity index (χ1) is 22.5. The molecule has 46 heavy (non-hydrogen) atoms. The Balaban J connectivity index is 1.30. The van der Waals surface area contributed by atoms with Crippen molar-refractivity contribution in [2.75, 3.05) is 52.4 Å². The lowest BCUT2D eigenvalue weighted by Gasteiger charge is -2.37. The van der Waals surface area contributed by atoms with E-state index < -0.39 is 6.09 Å². The van der Waals surface area contributed by atoms with Gasteiger partial charge in [-0.05, 0) is 68.2 Å². The number of nitrogens with zero attached hydrogens (tertiary/aromatic N) is 4. The number of carbonyl (C=O) groups is 1. The topological polar surface area (TPSA) is 70.1 Å². The maximum absolute atomic E-state index is 14.2. The number of pyridine rings is 1. The summed E-state index contributed by atoms with van der Waals surface area (Å²) < 4.78 is 7.94. The Morgan fingerprint density at radius 1 is 0.783 bits per heavy atom. The number of ether oxygens (including phenoxy) is 1. The molecule has 1 aromatic heterocycles. The van der Waals surface area contributed by atoms with Crippen LogP contribution in [0, 0.1) is 0 Å². The number of nitrogens with one attached hydrogen (secondary N) is 1. The summed E-state index contributed by atoms with van der Waals surface area (Å²) in [6, 6.07) is 24.3. The zero-order chi connectivity index (χ0) is 31.9. The van der Waals surface area contributed by atoms with Crippen LogP contribution in [-0.4, -0.2) is 77.7 Å². The van der Waals surface area contributed by atoms with Crippen LogP contribution in [0.5, 0.6) is 5.75 Å². The molecule has 2 saturated heterocycles. The van der Waals surface area contributed by atoms with Crippen LogP contribution in [0.1, 0.15) is 49.9 Å². The molecule has 2 aliphatic heterocycles. The molecule has 1 N–H and O–H groups in total. The monoisotopic (exact) mass is 641 g/mol. The Kier molecular flexibility index (Phi) is 10.7. The fraction of sp³-hybridized carbons (Fsp3) is 0.405. The Morgan fingerprint density at radius 3 is 2.07 bits per heavy atom. The molecule has 242 valence electrons. The predicted octanol–water partition coefficient (Wildman–Crippen LogP) is 6.49. The van der Waals surface area contributed by atoms with Crippen molar-refractivity contribution in [1.29, 1.82) is 0 Å². The molecule has 8 nitrogen and oxygen atoms in total. The minimum absolute atomic E-state index is 0.156. The predicted molar refractivity (Wildman–Crippen MR) is 185 cm³/mol. The molecule has 9 heteroatoms. The second kappa shape index (κ2) is 15.3. The van der Waals surface area contributed by atoms with Crippen molar-refractivity contribution in [3.05, 3.63) is 105 Å². The third kappa shape index (κ3) is 7.64. The number of amides is 1. The fourth-order valence-corrected chi connectivity index (χ4v) is 6.83. The highest BCUT2D eigenvalue weighted by Gasteiger charge is 2.26. The van der Waals surface area contributed by atoms with Gasteiger partial charge in [0.1, 0.15) is 0 Å². The van der Waals surface area contributed by atoms with Crippen molar-refractivity contribution in [2.24, 2.45) is 0 Å². The van der Waals surface area contributed by atoms with Crippen LogP contribution in [0.3, 0.4) is 0 Å². The van der Waals surface area contributed by atoms with Gasteiger partial charge in [-0.1, -0.05) is 73.5 Å². The number of carbonyl (C=O) groups excluding carboxylic acids is 1. The summed E-state index contributed by atoms with van der Waals surface area (Å²) >= 11 is 6.25. The van der Waals surface area contributed by atoms with E-state index in [0.29, 0.717) is 45.9 Å². The van der Waals surface area contributed by atoms with Gasteiger partial charge in [-0.15, -0.1) is 0 Å². The first-order valence-corrected chi connectivity index (χ1v) is 17.0. The second-order valence-corrected chi connectivity index (χ2v) is 12.8. The third-order valence-corrected chi connectivity index (χ3v) is 9.59. The number of halogens is 1. The number of piperazine rings is 1. The number of rotatable bonds is 10. The quantitative estimate of drug-likeness (QED) is 0.214. The zero-order valence-electron chi connectivity index (χ0n) is 26.7. The minimum Gasteiger partial charge on any atom is -0.408 e. The molecule has 2 aliphatic rings. The van der Waals surface area contributed by atoms with Crippen molar-refractivity contribution in [3.8, 4) is 11.4 Å². The summed E-state index contributed by atoms with van der Waals surface area (Å²) in [6.45, 7) is 10.8. The van der Waals surface area contributed by atoms with Gasteiger partial charge in [0.25, 0.3) is 5.56 Å². The second-order valence-electron chi connectivity index (χ2n) is 12.4. The van der Waals surface area contributed by atoms with Gasteiger partial charge in [0.2, 0.25) is 0 Å². The van der Waals surface area contributed by atoms with E-state index >= 15 is 0 Å². The van der Waals surface area contributed by atoms with E-state index in [-0.39, 0.29) is 11.6 Å². The summed E-state index contributed by atoms with van der Waals surface area (Å²) in [4.78, 5) is 35.2. The van der Waals surface area contributed by atoms with E-state index in [1.54, 1.807) is 22.8 Å². The lowest BCUT2D eigenvalue weighted by molar-refractivity contribution is 0.108. The molecule has 3 heterocycles. The summed E-state index contributed by atoms with van der Waals surface area (Å²) in [6.07, 6.45) is 4.13. The summed E-state index contributed by atoms with van der Waals surface area (Å²) in [5, 5.41) is 4.76. The normalized spacial score (nSPS) is 17.2. The highest BCUT2D eigenvalue weighted by Crippen LogP contribution is 2.32. The number of benzene rings is 3. The first-order valence-electron chi connectivity index (χ1n) is 16.6. The molecule has 3 aromatic carbocycles. The number of piperidine rings is 1. The fourth-order valence-electron chi connectivity index (χ4n) is 6.71.